The average molecular weight is 179 g/mol. The molecule has 0 aliphatic heterocycles. The summed E-state index contributed by atoms with van der Waals surface area (Å²) < 4.78 is 11.1. The molecule has 1 atom stereocenters. The monoisotopic (exact) mass is 179 g/mol. The lowest BCUT2D eigenvalue weighted by molar-refractivity contribution is 0.686. The van der Waals surface area contributed by atoms with Gasteiger partial charge in [0.1, 0.15) is 6.07 Å². The third-order valence-corrected chi connectivity index (χ3v) is 2.54. The van der Waals surface area contributed by atoms with Gasteiger partial charge in [0.05, 0.1) is 21.3 Å². The van der Waals surface area contributed by atoms with E-state index in [0.717, 1.165) is 5.56 Å². The summed E-state index contributed by atoms with van der Waals surface area (Å²) in [7, 11) is -1.07. The lowest BCUT2D eigenvalue weighted by atomic mass is 10.2. The molecular formula is C9H9NOS. The van der Waals surface area contributed by atoms with E-state index in [2.05, 4.69) is 0 Å². The highest BCUT2D eigenvalue weighted by atomic mass is 32.2. The van der Waals surface area contributed by atoms with Crippen LogP contribution in [0.1, 0.15) is 11.1 Å². The quantitative estimate of drug-likeness (QED) is 0.657. The summed E-state index contributed by atoms with van der Waals surface area (Å²) >= 11 is 0. The average Bonchev–Trinajstić information content (AvgIpc) is 2.03. The third-order valence-electron chi connectivity index (χ3n) is 1.57. The molecule has 0 amide bonds. The number of hydrogen-bond donors (Lipinski definition) is 0. The molecule has 1 aromatic carbocycles. The molecule has 0 aliphatic rings. The maximum absolute atomic E-state index is 11.1. The van der Waals surface area contributed by atoms with Gasteiger partial charge in [0.25, 0.3) is 0 Å². The summed E-state index contributed by atoms with van der Waals surface area (Å²) in [6.07, 6.45) is 1.57. The number of nitriles is 1. The normalized spacial score (nSPS) is 12.1. The minimum atomic E-state index is -1.07. The summed E-state index contributed by atoms with van der Waals surface area (Å²) in [6.45, 7) is 1.91. The van der Waals surface area contributed by atoms with Crippen molar-refractivity contribution in [1.82, 2.24) is 0 Å². The van der Waals surface area contributed by atoms with E-state index in [4.69, 9.17) is 5.26 Å². The molecule has 12 heavy (non-hydrogen) atoms. The molecule has 1 unspecified atom stereocenters. The maximum atomic E-state index is 11.1. The van der Waals surface area contributed by atoms with Gasteiger partial charge in [-0.05, 0) is 24.6 Å². The Kier molecular flexibility index (Phi) is 2.61. The first-order valence-corrected chi connectivity index (χ1v) is 5.05. The summed E-state index contributed by atoms with van der Waals surface area (Å²) in [5.74, 6) is 0. The van der Waals surface area contributed by atoms with Gasteiger partial charge in [-0.25, -0.2) is 0 Å². The number of aryl methyl sites for hydroxylation is 1. The van der Waals surface area contributed by atoms with Crippen LogP contribution in [0, 0.1) is 18.3 Å². The van der Waals surface area contributed by atoms with Crippen LogP contribution in [0.2, 0.25) is 0 Å². The van der Waals surface area contributed by atoms with Crippen LogP contribution in [0.4, 0.5) is 0 Å². The predicted molar refractivity (Wildman–Crippen MR) is 48.2 cm³/mol. The van der Waals surface area contributed by atoms with Gasteiger partial charge in [-0.3, -0.25) is 4.21 Å². The maximum Gasteiger partial charge on any atom is 0.100 e. The van der Waals surface area contributed by atoms with Crippen LogP contribution in [0.3, 0.4) is 0 Å². The molecule has 0 radical (unpaired) electrons. The largest absolute Gasteiger partial charge is 0.255 e. The zero-order valence-corrected chi connectivity index (χ0v) is 7.81. The Hall–Kier alpha value is -1.14. The molecule has 0 N–H and O–H groups in total. The first-order chi connectivity index (χ1) is 5.65. The second kappa shape index (κ2) is 3.51. The molecule has 0 saturated heterocycles. The predicted octanol–water partition coefficient (Wildman–Crippen LogP) is 1.60. The first kappa shape index (κ1) is 8.95. The Balaban J connectivity index is 3.32. The van der Waals surface area contributed by atoms with Gasteiger partial charge < -0.3 is 0 Å². The van der Waals surface area contributed by atoms with E-state index in [1.54, 1.807) is 18.4 Å². The van der Waals surface area contributed by atoms with Crippen LogP contribution in [-0.4, -0.2) is 10.5 Å². The molecule has 3 heteroatoms. The van der Waals surface area contributed by atoms with Crippen molar-refractivity contribution in [2.24, 2.45) is 0 Å². The van der Waals surface area contributed by atoms with Crippen LogP contribution >= 0.6 is 0 Å². The van der Waals surface area contributed by atoms with E-state index in [0.29, 0.717) is 10.5 Å². The van der Waals surface area contributed by atoms with Crippen molar-refractivity contribution in [2.45, 2.75) is 11.8 Å². The highest BCUT2D eigenvalue weighted by Crippen LogP contribution is 2.13. The Morgan fingerprint density at radius 1 is 1.50 bits per heavy atom. The SMILES string of the molecule is Cc1ccc(S(C)=O)c(C#N)c1. The number of benzene rings is 1. The van der Waals surface area contributed by atoms with Crippen LogP contribution in [0.15, 0.2) is 23.1 Å². The van der Waals surface area contributed by atoms with E-state index in [9.17, 15) is 4.21 Å². The van der Waals surface area contributed by atoms with E-state index < -0.39 is 10.8 Å². The Morgan fingerprint density at radius 2 is 2.17 bits per heavy atom. The molecule has 2 nitrogen and oxygen atoms in total. The van der Waals surface area contributed by atoms with E-state index in [1.807, 2.05) is 19.1 Å². The van der Waals surface area contributed by atoms with Crippen molar-refractivity contribution >= 4 is 10.8 Å². The van der Waals surface area contributed by atoms with Crippen molar-refractivity contribution in [3.8, 4) is 6.07 Å². The molecule has 62 valence electrons. The van der Waals surface area contributed by atoms with Crippen molar-refractivity contribution in [1.29, 1.82) is 5.26 Å². The number of rotatable bonds is 1. The fourth-order valence-electron chi connectivity index (χ4n) is 0.982. The zero-order chi connectivity index (χ0) is 9.14. The van der Waals surface area contributed by atoms with Crippen LogP contribution in [-0.2, 0) is 10.8 Å². The van der Waals surface area contributed by atoms with Crippen LogP contribution < -0.4 is 0 Å². The fraction of sp³-hybridized carbons (Fsp3) is 0.222. The summed E-state index contributed by atoms with van der Waals surface area (Å²) in [5.41, 5.74) is 1.52. The minimum Gasteiger partial charge on any atom is -0.255 e. The molecule has 0 aromatic heterocycles. The van der Waals surface area contributed by atoms with Gasteiger partial charge in [-0.1, -0.05) is 6.07 Å². The van der Waals surface area contributed by atoms with Gasteiger partial charge in [-0.15, -0.1) is 0 Å². The summed E-state index contributed by atoms with van der Waals surface area (Å²) in [5, 5.41) is 8.71. The van der Waals surface area contributed by atoms with Crippen molar-refractivity contribution in [2.75, 3.05) is 6.26 Å². The standard InChI is InChI=1S/C9H9NOS/c1-7-3-4-9(12(2)11)8(5-7)6-10/h3-5H,1-2H3. The van der Waals surface area contributed by atoms with E-state index in [-0.39, 0.29) is 0 Å². The highest BCUT2D eigenvalue weighted by molar-refractivity contribution is 7.84. The molecule has 1 rings (SSSR count). The number of nitrogens with zero attached hydrogens (tertiary/aromatic N) is 1. The smallest absolute Gasteiger partial charge is 0.100 e. The lowest BCUT2D eigenvalue weighted by Gasteiger charge is -1.99. The van der Waals surface area contributed by atoms with Crippen molar-refractivity contribution < 1.29 is 4.21 Å². The van der Waals surface area contributed by atoms with Crippen molar-refractivity contribution in [3.63, 3.8) is 0 Å². The van der Waals surface area contributed by atoms with Gasteiger partial charge in [0, 0.05) is 6.26 Å². The molecular weight excluding hydrogens is 170 g/mol. The third kappa shape index (κ3) is 1.72. The van der Waals surface area contributed by atoms with E-state index >= 15 is 0 Å². The molecule has 0 saturated carbocycles. The molecule has 0 bridgehead atoms. The topological polar surface area (TPSA) is 40.9 Å². The minimum absolute atomic E-state index is 0.510. The molecule has 0 fully saturated rings. The molecule has 0 spiro atoms. The fourth-order valence-corrected chi connectivity index (χ4v) is 1.66. The van der Waals surface area contributed by atoms with Gasteiger partial charge in [-0.2, -0.15) is 5.26 Å². The van der Waals surface area contributed by atoms with Crippen LogP contribution in [0.5, 0.6) is 0 Å². The number of hydrogen-bond acceptors (Lipinski definition) is 2. The van der Waals surface area contributed by atoms with Gasteiger partial charge in [0.2, 0.25) is 0 Å². The Bertz CT molecular complexity index is 365. The Labute approximate surface area is 74.3 Å². The first-order valence-electron chi connectivity index (χ1n) is 3.49. The molecule has 1 aromatic rings. The zero-order valence-electron chi connectivity index (χ0n) is 7.00. The second-order valence-corrected chi connectivity index (χ2v) is 3.91. The van der Waals surface area contributed by atoms with Gasteiger partial charge in [0.15, 0.2) is 0 Å². The van der Waals surface area contributed by atoms with Crippen LogP contribution in [0.25, 0.3) is 0 Å². The van der Waals surface area contributed by atoms with Crippen molar-refractivity contribution in [3.05, 3.63) is 29.3 Å². The molecule has 0 heterocycles. The van der Waals surface area contributed by atoms with E-state index in [1.165, 1.54) is 0 Å². The summed E-state index contributed by atoms with van der Waals surface area (Å²) in [6, 6.07) is 7.37. The highest BCUT2D eigenvalue weighted by Gasteiger charge is 2.04. The Morgan fingerprint density at radius 3 is 2.67 bits per heavy atom. The molecule has 0 aliphatic carbocycles. The van der Waals surface area contributed by atoms with Gasteiger partial charge >= 0.3 is 0 Å². The second-order valence-electron chi connectivity index (χ2n) is 2.57. The lowest BCUT2D eigenvalue weighted by Crippen LogP contribution is -1.92. The summed E-state index contributed by atoms with van der Waals surface area (Å²) in [4.78, 5) is 0.614.